The van der Waals surface area contributed by atoms with Crippen molar-refractivity contribution < 1.29 is 9.66 Å². The van der Waals surface area contributed by atoms with Gasteiger partial charge in [-0.3, -0.25) is 15.4 Å². The summed E-state index contributed by atoms with van der Waals surface area (Å²) < 4.78 is 6.06. The van der Waals surface area contributed by atoms with Crippen LogP contribution in [0.5, 0.6) is 5.75 Å². The van der Waals surface area contributed by atoms with E-state index in [4.69, 9.17) is 10.00 Å². The molecule has 0 amide bonds. The molecule has 7 heteroatoms. The summed E-state index contributed by atoms with van der Waals surface area (Å²) >= 11 is 3.21. The Hall–Kier alpha value is -1.65. The first kappa shape index (κ1) is 15.4. The molecule has 0 aliphatic rings. The normalized spacial score (nSPS) is 11.7. The monoisotopic (exact) mass is 327 g/mol. The second kappa shape index (κ2) is 7.07. The van der Waals surface area contributed by atoms with E-state index >= 15 is 0 Å². The first-order valence-electron chi connectivity index (χ1n) is 5.70. The number of nitrogens with one attached hydrogen (secondary N) is 1. The van der Waals surface area contributed by atoms with Crippen molar-refractivity contribution in [2.24, 2.45) is 0 Å². The molecule has 0 aliphatic carbocycles. The maximum Gasteiger partial charge on any atom is 0.312 e. The Morgan fingerprint density at radius 3 is 2.84 bits per heavy atom. The van der Waals surface area contributed by atoms with E-state index in [0.717, 1.165) is 0 Å². The third-order valence-electron chi connectivity index (χ3n) is 2.42. The molecule has 1 atom stereocenters. The van der Waals surface area contributed by atoms with Crippen LogP contribution in [0.2, 0.25) is 0 Å². The van der Waals surface area contributed by atoms with Crippen molar-refractivity contribution in [3.63, 3.8) is 0 Å². The zero-order valence-electron chi connectivity index (χ0n) is 10.6. The molecular formula is C12H14BrN3O3. The van der Waals surface area contributed by atoms with Crippen molar-refractivity contribution in [1.29, 1.82) is 5.26 Å². The smallest absolute Gasteiger partial charge is 0.312 e. The van der Waals surface area contributed by atoms with E-state index in [1.807, 2.05) is 13.0 Å². The molecule has 1 N–H and O–H groups in total. The number of ether oxygens (including phenoxy) is 1. The zero-order valence-corrected chi connectivity index (χ0v) is 12.2. The van der Waals surface area contributed by atoms with Crippen molar-refractivity contribution in [2.75, 3.05) is 13.2 Å². The molecule has 0 fully saturated rings. The Bertz CT molecular complexity index is 514. The number of nitro benzene ring substituents is 1. The molecule has 0 aromatic heterocycles. The fourth-order valence-corrected chi connectivity index (χ4v) is 2.15. The molecule has 0 bridgehead atoms. The minimum Gasteiger partial charge on any atom is -0.484 e. The van der Waals surface area contributed by atoms with Gasteiger partial charge in [-0.1, -0.05) is 22.9 Å². The molecule has 0 saturated carbocycles. The molecule has 0 heterocycles. The van der Waals surface area contributed by atoms with Gasteiger partial charge in [-0.05, 0) is 25.1 Å². The standard InChI is InChI=1S/C12H14BrN3O3/c1-3-15-10(6-14)7-19-12-8(2)4-9(13)5-11(12)16(17)18/h4-5,10,15H,3,7H2,1-2H3. The number of nitro groups is 1. The second-order valence-corrected chi connectivity index (χ2v) is 4.79. The number of nitrogens with zero attached hydrogens (tertiary/aromatic N) is 2. The number of aryl methyl sites for hydroxylation is 1. The molecule has 1 rings (SSSR count). The van der Waals surface area contributed by atoms with Crippen LogP contribution in [0.25, 0.3) is 0 Å². The zero-order chi connectivity index (χ0) is 14.4. The van der Waals surface area contributed by atoms with Crippen LogP contribution in [-0.4, -0.2) is 24.1 Å². The Kier molecular flexibility index (Phi) is 5.73. The number of rotatable bonds is 6. The summed E-state index contributed by atoms with van der Waals surface area (Å²) in [7, 11) is 0. The Labute approximate surface area is 119 Å². The highest BCUT2D eigenvalue weighted by atomic mass is 79.9. The summed E-state index contributed by atoms with van der Waals surface area (Å²) in [5, 5.41) is 22.8. The third-order valence-corrected chi connectivity index (χ3v) is 2.88. The van der Waals surface area contributed by atoms with Crippen molar-refractivity contribution in [3.8, 4) is 11.8 Å². The van der Waals surface area contributed by atoms with E-state index in [9.17, 15) is 10.1 Å². The summed E-state index contributed by atoms with van der Waals surface area (Å²) in [5.41, 5.74) is 0.536. The van der Waals surface area contributed by atoms with Gasteiger partial charge in [0, 0.05) is 10.5 Å². The molecule has 1 aromatic carbocycles. The lowest BCUT2D eigenvalue weighted by atomic mass is 10.2. The summed E-state index contributed by atoms with van der Waals surface area (Å²) in [6.07, 6.45) is 0. The van der Waals surface area contributed by atoms with Gasteiger partial charge in [0.15, 0.2) is 5.75 Å². The highest BCUT2D eigenvalue weighted by Gasteiger charge is 2.20. The molecule has 6 nitrogen and oxygen atoms in total. The Balaban J connectivity index is 2.94. The summed E-state index contributed by atoms with van der Waals surface area (Å²) in [6.45, 7) is 4.29. The van der Waals surface area contributed by atoms with Crippen molar-refractivity contribution in [3.05, 3.63) is 32.3 Å². The van der Waals surface area contributed by atoms with Gasteiger partial charge in [-0.25, -0.2) is 0 Å². The first-order valence-corrected chi connectivity index (χ1v) is 6.49. The van der Waals surface area contributed by atoms with Gasteiger partial charge in [0.25, 0.3) is 0 Å². The molecule has 0 saturated heterocycles. The quantitative estimate of drug-likeness (QED) is 0.640. The molecule has 102 valence electrons. The minimum absolute atomic E-state index is 0.0631. The van der Waals surface area contributed by atoms with Crippen LogP contribution in [0, 0.1) is 28.4 Å². The fourth-order valence-electron chi connectivity index (χ4n) is 1.59. The lowest BCUT2D eigenvalue weighted by Crippen LogP contribution is -2.33. The highest BCUT2D eigenvalue weighted by molar-refractivity contribution is 9.10. The van der Waals surface area contributed by atoms with Gasteiger partial charge in [0.1, 0.15) is 12.6 Å². The molecule has 0 radical (unpaired) electrons. The molecule has 1 unspecified atom stereocenters. The maximum absolute atomic E-state index is 11.0. The van der Waals surface area contributed by atoms with Crippen LogP contribution in [0.1, 0.15) is 12.5 Å². The van der Waals surface area contributed by atoms with E-state index in [0.29, 0.717) is 16.6 Å². The summed E-state index contributed by atoms with van der Waals surface area (Å²) in [4.78, 5) is 10.5. The van der Waals surface area contributed by atoms with Crippen LogP contribution in [0.15, 0.2) is 16.6 Å². The Morgan fingerprint density at radius 1 is 1.63 bits per heavy atom. The largest absolute Gasteiger partial charge is 0.484 e. The lowest BCUT2D eigenvalue weighted by molar-refractivity contribution is -0.386. The predicted octanol–water partition coefficient (Wildman–Crippen LogP) is 2.55. The van der Waals surface area contributed by atoms with Gasteiger partial charge >= 0.3 is 5.69 Å². The molecule has 1 aromatic rings. The number of hydrogen-bond donors (Lipinski definition) is 1. The highest BCUT2D eigenvalue weighted by Crippen LogP contribution is 2.34. The van der Waals surface area contributed by atoms with Crippen molar-refractivity contribution >= 4 is 21.6 Å². The average Bonchev–Trinajstić information content (AvgIpc) is 2.35. The van der Waals surface area contributed by atoms with Crippen LogP contribution in [0.3, 0.4) is 0 Å². The van der Waals surface area contributed by atoms with Gasteiger partial charge in [-0.15, -0.1) is 0 Å². The van der Waals surface area contributed by atoms with Crippen molar-refractivity contribution in [2.45, 2.75) is 19.9 Å². The van der Waals surface area contributed by atoms with E-state index in [1.165, 1.54) is 6.07 Å². The number of hydrogen-bond acceptors (Lipinski definition) is 5. The number of likely N-dealkylation sites (N-methyl/N-ethyl adjacent to an activating group) is 1. The van der Waals surface area contributed by atoms with E-state index < -0.39 is 11.0 Å². The maximum atomic E-state index is 11.0. The van der Waals surface area contributed by atoms with Gasteiger partial charge in [-0.2, -0.15) is 5.26 Å². The number of nitriles is 1. The molecule has 0 aliphatic heterocycles. The van der Waals surface area contributed by atoms with Crippen LogP contribution in [0.4, 0.5) is 5.69 Å². The van der Waals surface area contributed by atoms with Crippen molar-refractivity contribution in [1.82, 2.24) is 5.32 Å². The predicted molar refractivity (Wildman–Crippen MR) is 74.1 cm³/mol. The third kappa shape index (κ3) is 4.19. The first-order chi connectivity index (χ1) is 8.99. The number of halogens is 1. The van der Waals surface area contributed by atoms with Gasteiger partial charge < -0.3 is 4.74 Å². The average molecular weight is 328 g/mol. The van der Waals surface area contributed by atoms with Gasteiger partial charge in [0.05, 0.1) is 11.0 Å². The summed E-state index contributed by atoms with van der Waals surface area (Å²) in [5.74, 6) is 0.200. The van der Waals surface area contributed by atoms with E-state index in [2.05, 4.69) is 21.2 Å². The topological polar surface area (TPSA) is 88.2 Å². The SMILES string of the molecule is CCNC(C#N)COc1c(C)cc(Br)cc1[N+](=O)[O-]. The molecular weight excluding hydrogens is 314 g/mol. The number of benzene rings is 1. The second-order valence-electron chi connectivity index (χ2n) is 3.88. The lowest BCUT2D eigenvalue weighted by Gasteiger charge is -2.13. The van der Waals surface area contributed by atoms with Crippen LogP contribution in [-0.2, 0) is 0 Å². The minimum atomic E-state index is -0.498. The summed E-state index contributed by atoms with van der Waals surface area (Å²) in [6, 6.07) is 4.66. The fraction of sp³-hybridized carbons (Fsp3) is 0.417. The van der Waals surface area contributed by atoms with Crippen LogP contribution >= 0.6 is 15.9 Å². The molecule has 19 heavy (non-hydrogen) atoms. The molecule has 0 spiro atoms. The van der Waals surface area contributed by atoms with E-state index in [-0.39, 0.29) is 18.0 Å². The van der Waals surface area contributed by atoms with Gasteiger partial charge in [0.2, 0.25) is 0 Å². The Morgan fingerprint density at radius 2 is 2.32 bits per heavy atom. The van der Waals surface area contributed by atoms with Crippen LogP contribution < -0.4 is 10.1 Å². The van der Waals surface area contributed by atoms with E-state index in [1.54, 1.807) is 13.0 Å².